The molecule has 0 heterocycles. The molecule has 0 saturated carbocycles. The molecule has 0 fully saturated rings. The monoisotopic (exact) mass is 358 g/mol. The molecule has 0 aliphatic heterocycles. The first-order valence-corrected chi connectivity index (χ1v) is 10.3. The van der Waals surface area contributed by atoms with E-state index in [1.165, 1.54) is 25.7 Å². The second-order valence-electron chi connectivity index (χ2n) is 7.51. The minimum atomic E-state index is 0.154. The molecule has 0 aromatic heterocycles. The van der Waals surface area contributed by atoms with Crippen LogP contribution < -0.4 is 0 Å². The van der Waals surface area contributed by atoms with Crippen LogP contribution in [-0.4, -0.2) is 45.4 Å². The van der Waals surface area contributed by atoms with E-state index in [9.17, 15) is 4.79 Å². The summed E-state index contributed by atoms with van der Waals surface area (Å²) in [5.74, 6) is 1.33. The molecule has 4 heteroatoms. The van der Waals surface area contributed by atoms with Crippen LogP contribution in [0.4, 0.5) is 0 Å². The lowest BCUT2D eigenvalue weighted by Crippen LogP contribution is -2.10. The average Bonchev–Trinajstić information content (AvgIpc) is 2.57. The van der Waals surface area contributed by atoms with Crippen molar-refractivity contribution in [1.82, 2.24) is 0 Å². The largest absolute Gasteiger partial charge is 0.379 e. The van der Waals surface area contributed by atoms with Gasteiger partial charge in [0, 0.05) is 25.6 Å². The molecule has 0 spiro atoms. The molecule has 0 saturated heterocycles. The summed E-state index contributed by atoms with van der Waals surface area (Å²) < 4.78 is 16.5. The van der Waals surface area contributed by atoms with E-state index < -0.39 is 0 Å². The molecule has 0 aromatic rings. The highest BCUT2D eigenvalue weighted by Gasteiger charge is 2.05. The van der Waals surface area contributed by atoms with E-state index in [0.717, 1.165) is 31.8 Å². The van der Waals surface area contributed by atoms with Crippen molar-refractivity contribution in [3.8, 4) is 0 Å². The lowest BCUT2D eigenvalue weighted by atomic mass is 10.0. The number of carbonyl (C=O) groups is 1. The molecule has 0 aromatic carbocycles. The molecule has 0 rings (SSSR count). The Morgan fingerprint density at radius 2 is 1.12 bits per heavy atom. The second kappa shape index (κ2) is 18.3. The first kappa shape index (κ1) is 24.6. The molecule has 25 heavy (non-hydrogen) atoms. The number of ether oxygens (including phenoxy) is 3. The van der Waals surface area contributed by atoms with Crippen molar-refractivity contribution >= 4 is 5.78 Å². The summed E-state index contributed by atoms with van der Waals surface area (Å²) in [6.45, 7) is 12.6. The molecular formula is C21H42O4. The van der Waals surface area contributed by atoms with Crippen LogP contribution in [0.1, 0.15) is 79.1 Å². The fourth-order valence-corrected chi connectivity index (χ4v) is 2.44. The zero-order valence-electron chi connectivity index (χ0n) is 17.2. The van der Waals surface area contributed by atoms with Gasteiger partial charge in [0.15, 0.2) is 0 Å². The summed E-state index contributed by atoms with van der Waals surface area (Å²) in [4.78, 5) is 11.4. The van der Waals surface area contributed by atoms with Crippen molar-refractivity contribution < 1.29 is 19.0 Å². The number of rotatable bonds is 19. The summed E-state index contributed by atoms with van der Waals surface area (Å²) in [7, 11) is 0. The summed E-state index contributed by atoms with van der Waals surface area (Å²) in [6, 6.07) is 0. The summed E-state index contributed by atoms with van der Waals surface area (Å²) in [6.07, 6.45) is 8.96. The summed E-state index contributed by atoms with van der Waals surface area (Å²) in [5.41, 5.74) is 0. The number of unbranched alkanes of at least 4 members (excludes halogenated alkanes) is 4. The first-order chi connectivity index (χ1) is 12.0. The zero-order valence-corrected chi connectivity index (χ0v) is 17.2. The predicted molar refractivity (Wildman–Crippen MR) is 104 cm³/mol. The van der Waals surface area contributed by atoms with Crippen molar-refractivity contribution in [2.45, 2.75) is 79.1 Å². The third kappa shape index (κ3) is 19.7. The van der Waals surface area contributed by atoms with Crippen molar-refractivity contribution in [2.24, 2.45) is 11.8 Å². The minimum absolute atomic E-state index is 0.154. The van der Waals surface area contributed by atoms with Crippen molar-refractivity contribution in [3.05, 3.63) is 0 Å². The average molecular weight is 359 g/mol. The lowest BCUT2D eigenvalue weighted by Gasteiger charge is -2.07. The van der Waals surface area contributed by atoms with Crippen LogP contribution in [0.15, 0.2) is 0 Å². The Morgan fingerprint density at radius 1 is 0.640 bits per heavy atom. The second-order valence-corrected chi connectivity index (χ2v) is 7.51. The third-order valence-electron chi connectivity index (χ3n) is 4.17. The van der Waals surface area contributed by atoms with Crippen molar-refractivity contribution in [1.29, 1.82) is 0 Å². The molecule has 0 aliphatic carbocycles. The van der Waals surface area contributed by atoms with Gasteiger partial charge in [0.1, 0.15) is 5.78 Å². The van der Waals surface area contributed by atoms with Gasteiger partial charge in [0.2, 0.25) is 0 Å². The van der Waals surface area contributed by atoms with E-state index in [1.807, 2.05) is 13.8 Å². The molecule has 0 unspecified atom stereocenters. The van der Waals surface area contributed by atoms with Crippen LogP contribution in [0.25, 0.3) is 0 Å². The van der Waals surface area contributed by atoms with Gasteiger partial charge >= 0.3 is 0 Å². The van der Waals surface area contributed by atoms with Gasteiger partial charge in [-0.3, -0.25) is 4.79 Å². The number of hydrogen-bond donors (Lipinski definition) is 0. The maximum atomic E-state index is 11.4. The predicted octanol–water partition coefficient (Wildman–Crippen LogP) is 5.04. The first-order valence-electron chi connectivity index (χ1n) is 10.3. The van der Waals surface area contributed by atoms with E-state index in [4.69, 9.17) is 14.2 Å². The van der Waals surface area contributed by atoms with Gasteiger partial charge in [-0.05, 0) is 25.2 Å². The Bertz CT molecular complexity index is 290. The molecular weight excluding hydrogens is 316 g/mol. The fourth-order valence-electron chi connectivity index (χ4n) is 2.44. The SMILES string of the molecule is CC(C)CCCCCCOCCOCCOCCCCC(=O)C(C)C. The molecule has 0 atom stereocenters. The van der Waals surface area contributed by atoms with Crippen molar-refractivity contribution in [3.63, 3.8) is 0 Å². The normalized spacial score (nSPS) is 11.6. The third-order valence-corrected chi connectivity index (χ3v) is 4.17. The van der Waals surface area contributed by atoms with Crippen LogP contribution in [-0.2, 0) is 19.0 Å². The van der Waals surface area contributed by atoms with Gasteiger partial charge in [0.25, 0.3) is 0 Å². The van der Waals surface area contributed by atoms with E-state index in [2.05, 4.69) is 13.8 Å². The van der Waals surface area contributed by atoms with E-state index in [1.54, 1.807) is 0 Å². The van der Waals surface area contributed by atoms with Gasteiger partial charge in [-0.15, -0.1) is 0 Å². The number of ketones is 1. The molecule has 4 nitrogen and oxygen atoms in total. The molecule has 0 bridgehead atoms. The maximum Gasteiger partial charge on any atom is 0.135 e. The Labute approximate surface area is 156 Å². The highest BCUT2D eigenvalue weighted by molar-refractivity contribution is 5.80. The Balaban J connectivity index is 3.06. The molecule has 150 valence electrons. The Kier molecular flexibility index (Phi) is 18.0. The summed E-state index contributed by atoms with van der Waals surface area (Å²) >= 11 is 0. The van der Waals surface area contributed by atoms with Crippen LogP contribution in [0, 0.1) is 11.8 Å². The molecule has 0 amide bonds. The zero-order chi connectivity index (χ0) is 18.8. The lowest BCUT2D eigenvalue weighted by molar-refractivity contribution is -0.122. The van der Waals surface area contributed by atoms with E-state index in [0.29, 0.717) is 45.2 Å². The number of hydrogen-bond acceptors (Lipinski definition) is 4. The highest BCUT2D eigenvalue weighted by Crippen LogP contribution is 2.09. The Morgan fingerprint density at radius 3 is 1.64 bits per heavy atom. The quantitative estimate of drug-likeness (QED) is 0.304. The minimum Gasteiger partial charge on any atom is -0.379 e. The molecule has 0 aliphatic rings. The van der Waals surface area contributed by atoms with Gasteiger partial charge < -0.3 is 14.2 Å². The molecule has 0 radical (unpaired) electrons. The van der Waals surface area contributed by atoms with Crippen LogP contribution in [0.5, 0.6) is 0 Å². The van der Waals surface area contributed by atoms with E-state index >= 15 is 0 Å². The standard InChI is InChI=1S/C21H42O4/c1-19(2)11-7-5-6-9-13-23-15-17-25-18-16-24-14-10-8-12-21(22)20(3)4/h19-20H,5-18H2,1-4H3. The number of carbonyl (C=O) groups excluding carboxylic acids is 1. The highest BCUT2D eigenvalue weighted by atomic mass is 16.5. The van der Waals surface area contributed by atoms with Crippen LogP contribution in [0.2, 0.25) is 0 Å². The van der Waals surface area contributed by atoms with Crippen molar-refractivity contribution in [2.75, 3.05) is 39.6 Å². The summed E-state index contributed by atoms with van der Waals surface area (Å²) in [5, 5.41) is 0. The van der Waals surface area contributed by atoms with Gasteiger partial charge in [-0.2, -0.15) is 0 Å². The topological polar surface area (TPSA) is 44.8 Å². The van der Waals surface area contributed by atoms with Gasteiger partial charge in [-0.25, -0.2) is 0 Å². The van der Waals surface area contributed by atoms with Gasteiger partial charge in [0.05, 0.1) is 26.4 Å². The number of Topliss-reactive ketones (excluding diaryl/α,β-unsaturated/α-hetero) is 1. The fraction of sp³-hybridized carbons (Fsp3) is 0.952. The Hall–Kier alpha value is -0.450. The van der Waals surface area contributed by atoms with E-state index in [-0.39, 0.29) is 5.92 Å². The van der Waals surface area contributed by atoms with Gasteiger partial charge in [-0.1, -0.05) is 53.4 Å². The maximum absolute atomic E-state index is 11.4. The molecule has 0 N–H and O–H groups in total. The smallest absolute Gasteiger partial charge is 0.135 e. The van der Waals surface area contributed by atoms with Crippen LogP contribution in [0.3, 0.4) is 0 Å². The van der Waals surface area contributed by atoms with Crippen LogP contribution >= 0.6 is 0 Å².